The quantitative estimate of drug-likeness (QED) is 0.774. The van der Waals surface area contributed by atoms with Gasteiger partial charge in [0.2, 0.25) is 11.8 Å². The third-order valence-corrected chi connectivity index (χ3v) is 6.49. The smallest absolute Gasteiger partial charge is 0.237 e. The zero-order chi connectivity index (χ0) is 21.6. The predicted molar refractivity (Wildman–Crippen MR) is 122 cm³/mol. The number of nitrogens with zero attached hydrogens (tertiary/aromatic N) is 3. The van der Waals surface area contributed by atoms with Crippen molar-refractivity contribution in [2.75, 3.05) is 52.9 Å². The standard InChI is InChI=1S/C25H32N4O2/c1-27-14-16-28(17-15-27)24(30)18-23-25(31)26-12-13-29(23)19-22(20-8-4-2-5-9-20)21-10-6-3-7-11-21/h2-11,22-23H,12-19H2,1H3,(H,26,31). The predicted octanol–water partition coefficient (Wildman–Crippen LogP) is 1.78. The van der Waals surface area contributed by atoms with Crippen molar-refractivity contribution in [3.8, 4) is 0 Å². The summed E-state index contributed by atoms with van der Waals surface area (Å²) in [5.74, 6) is 0.194. The van der Waals surface area contributed by atoms with Gasteiger partial charge in [0.25, 0.3) is 0 Å². The van der Waals surface area contributed by atoms with Crippen LogP contribution in [0.2, 0.25) is 0 Å². The maximum atomic E-state index is 13.0. The maximum Gasteiger partial charge on any atom is 0.237 e. The normalized spacial score (nSPS) is 20.6. The van der Waals surface area contributed by atoms with E-state index < -0.39 is 6.04 Å². The number of carbonyl (C=O) groups excluding carboxylic acids is 2. The first-order valence-corrected chi connectivity index (χ1v) is 11.2. The molecule has 6 nitrogen and oxygen atoms in total. The molecule has 0 spiro atoms. The number of nitrogens with one attached hydrogen (secondary N) is 1. The molecule has 31 heavy (non-hydrogen) atoms. The Balaban J connectivity index is 1.52. The molecule has 1 atom stereocenters. The topological polar surface area (TPSA) is 55.9 Å². The van der Waals surface area contributed by atoms with Gasteiger partial charge in [0, 0.05) is 51.7 Å². The summed E-state index contributed by atoms with van der Waals surface area (Å²) in [4.78, 5) is 32.1. The van der Waals surface area contributed by atoms with Gasteiger partial charge in [0.1, 0.15) is 0 Å². The third-order valence-electron chi connectivity index (χ3n) is 6.49. The van der Waals surface area contributed by atoms with Gasteiger partial charge in [-0.25, -0.2) is 0 Å². The van der Waals surface area contributed by atoms with E-state index in [1.165, 1.54) is 11.1 Å². The van der Waals surface area contributed by atoms with Gasteiger partial charge in [-0.15, -0.1) is 0 Å². The Labute approximate surface area is 184 Å². The lowest BCUT2D eigenvalue weighted by atomic mass is 9.90. The summed E-state index contributed by atoms with van der Waals surface area (Å²) >= 11 is 0. The van der Waals surface area contributed by atoms with Crippen molar-refractivity contribution >= 4 is 11.8 Å². The van der Waals surface area contributed by atoms with Gasteiger partial charge in [0.05, 0.1) is 12.5 Å². The molecule has 4 rings (SSSR count). The maximum absolute atomic E-state index is 13.0. The first kappa shape index (κ1) is 21.5. The van der Waals surface area contributed by atoms with Crippen molar-refractivity contribution < 1.29 is 9.59 Å². The molecule has 1 N–H and O–H groups in total. The van der Waals surface area contributed by atoms with Crippen molar-refractivity contribution in [2.45, 2.75) is 18.4 Å². The summed E-state index contributed by atoms with van der Waals surface area (Å²) in [6.45, 7) is 5.33. The van der Waals surface area contributed by atoms with E-state index in [4.69, 9.17) is 0 Å². The summed E-state index contributed by atoms with van der Waals surface area (Å²) < 4.78 is 0. The highest BCUT2D eigenvalue weighted by Gasteiger charge is 2.35. The number of rotatable bonds is 6. The van der Waals surface area contributed by atoms with Gasteiger partial charge in [-0.3, -0.25) is 14.5 Å². The zero-order valence-electron chi connectivity index (χ0n) is 18.2. The van der Waals surface area contributed by atoms with Gasteiger partial charge >= 0.3 is 0 Å². The SMILES string of the molecule is CN1CCN(C(=O)CC2C(=O)NCCN2CC(c2ccccc2)c2ccccc2)CC1. The Hall–Kier alpha value is -2.70. The molecule has 0 radical (unpaired) electrons. The Kier molecular flexibility index (Phi) is 6.99. The van der Waals surface area contributed by atoms with Crippen molar-refractivity contribution in [1.82, 2.24) is 20.0 Å². The molecule has 2 aliphatic rings. The molecule has 0 bridgehead atoms. The van der Waals surface area contributed by atoms with Crippen LogP contribution in [-0.2, 0) is 9.59 Å². The fraction of sp³-hybridized carbons (Fsp3) is 0.440. The minimum absolute atomic E-state index is 0.0337. The lowest BCUT2D eigenvalue weighted by Gasteiger charge is -2.39. The fourth-order valence-electron chi connectivity index (χ4n) is 4.56. The molecule has 0 saturated carbocycles. The highest BCUT2D eigenvalue weighted by molar-refractivity contribution is 5.89. The van der Waals surface area contributed by atoms with Crippen LogP contribution in [0.1, 0.15) is 23.5 Å². The van der Waals surface area contributed by atoms with E-state index in [0.717, 1.165) is 32.7 Å². The Morgan fingerprint density at radius 3 is 2.10 bits per heavy atom. The second-order valence-corrected chi connectivity index (χ2v) is 8.56. The molecule has 1 unspecified atom stereocenters. The van der Waals surface area contributed by atoms with Gasteiger partial charge in [-0.1, -0.05) is 60.7 Å². The average molecular weight is 421 g/mol. The largest absolute Gasteiger partial charge is 0.353 e. The highest BCUT2D eigenvalue weighted by Crippen LogP contribution is 2.27. The number of benzene rings is 2. The molecule has 2 aromatic carbocycles. The molecule has 2 fully saturated rings. The van der Waals surface area contributed by atoms with Gasteiger partial charge in [-0.05, 0) is 18.2 Å². The first-order chi connectivity index (χ1) is 15.1. The number of likely N-dealkylation sites (N-methyl/N-ethyl adjacent to an activating group) is 1. The monoisotopic (exact) mass is 420 g/mol. The first-order valence-electron chi connectivity index (χ1n) is 11.2. The molecule has 2 aromatic rings. The second-order valence-electron chi connectivity index (χ2n) is 8.56. The van der Waals surface area contributed by atoms with Gasteiger partial charge in [-0.2, -0.15) is 0 Å². The van der Waals surface area contributed by atoms with Crippen molar-refractivity contribution in [2.24, 2.45) is 0 Å². The highest BCUT2D eigenvalue weighted by atomic mass is 16.2. The summed E-state index contributed by atoms with van der Waals surface area (Å²) in [6, 6.07) is 20.4. The van der Waals surface area contributed by atoms with Gasteiger partial charge in [0.15, 0.2) is 0 Å². The van der Waals surface area contributed by atoms with E-state index in [1.807, 2.05) is 17.0 Å². The van der Waals surface area contributed by atoms with Crippen LogP contribution in [0.3, 0.4) is 0 Å². The molecule has 6 heteroatoms. The van der Waals surface area contributed by atoms with Gasteiger partial charge < -0.3 is 15.1 Å². The van der Waals surface area contributed by atoms with Crippen LogP contribution in [0.15, 0.2) is 60.7 Å². The van der Waals surface area contributed by atoms with Crippen molar-refractivity contribution in [1.29, 1.82) is 0 Å². The van der Waals surface area contributed by atoms with E-state index in [0.29, 0.717) is 13.1 Å². The summed E-state index contributed by atoms with van der Waals surface area (Å²) in [6.07, 6.45) is 0.242. The van der Waals surface area contributed by atoms with E-state index in [9.17, 15) is 9.59 Å². The molecule has 2 aliphatic heterocycles. The van der Waals surface area contributed by atoms with Crippen LogP contribution >= 0.6 is 0 Å². The number of amides is 2. The zero-order valence-corrected chi connectivity index (χ0v) is 18.2. The number of piperazine rings is 2. The molecule has 2 heterocycles. The molecule has 2 saturated heterocycles. The fourth-order valence-corrected chi connectivity index (χ4v) is 4.56. The van der Waals surface area contributed by atoms with Crippen LogP contribution in [0.25, 0.3) is 0 Å². The third kappa shape index (κ3) is 5.32. The van der Waals surface area contributed by atoms with Crippen LogP contribution in [0.5, 0.6) is 0 Å². The molecule has 164 valence electrons. The average Bonchev–Trinajstić information content (AvgIpc) is 2.81. The molecular weight excluding hydrogens is 388 g/mol. The van der Waals surface area contributed by atoms with Crippen molar-refractivity contribution in [3.63, 3.8) is 0 Å². The minimum Gasteiger partial charge on any atom is -0.353 e. The Morgan fingerprint density at radius 1 is 0.935 bits per heavy atom. The molecule has 2 amide bonds. The lowest BCUT2D eigenvalue weighted by Crippen LogP contribution is -2.58. The van der Waals surface area contributed by atoms with E-state index in [1.54, 1.807) is 0 Å². The van der Waals surface area contributed by atoms with Crippen LogP contribution in [0, 0.1) is 0 Å². The Bertz CT molecular complexity index is 826. The van der Waals surface area contributed by atoms with Crippen molar-refractivity contribution in [3.05, 3.63) is 71.8 Å². The number of hydrogen-bond acceptors (Lipinski definition) is 4. The molecular formula is C25H32N4O2. The van der Waals surface area contributed by atoms with Crippen LogP contribution in [-0.4, -0.2) is 85.4 Å². The Morgan fingerprint density at radius 2 is 1.52 bits per heavy atom. The van der Waals surface area contributed by atoms with E-state index >= 15 is 0 Å². The lowest BCUT2D eigenvalue weighted by molar-refractivity contribution is -0.139. The molecule has 0 aliphatic carbocycles. The minimum atomic E-state index is -0.421. The number of carbonyl (C=O) groups is 2. The number of hydrogen-bond donors (Lipinski definition) is 1. The van der Waals surface area contributed by atoms with Crippen LogP contribution < -0.4 is 5.32 Å². The summed E-state index contributed by atoms with van der Waals surface area (Å²) in [7, 11) is 2.07. The second kappa shape index (κ2) is 10.1. The van der Waals surface area contributed by atoms with Crippen LogP contribution in [0.4, 0.5) is 0 Å². The molecule has 0 aromatic heterocycles. The van der Waals surface area contributed by atoms with E-state index in [2.05, 4.69) is 70.7 Å². The summed E-state index contributed by atoms with van der Waals surface area (Å²) in [5, 5.41) is 2.97. The van der Waals surface area contributed by atoms with E-state index in [-0.39, 0.29) is 24.2 Å². The summed E-state index contributed by atoms with van der Waals surface area (Å²) in [5.41, 5.74) is 2.45.